The predicted octanol–water partition coefficient (Wildman–Crippen LogP) is 0.854. The molecule has 0 radical (unpaired) electrons. The summed E-state index contributed by atoms with van der Waals surface area (Å²) < 4.78 is 37.0. The third-order valence-corrected chi connectivity index (χ3v) is 3.11. The minimum atomic E-state index is -4.36. The molecule has 0 aromatic heterocycles. The van der Waals surface area contributed by atoms with E-state index < -0.39 is 24.7 Å². The van der Waals surface area contributed by atoms with E-state index in [1.54, 1.807) is 4.90 Å². The molecule has 0 aromatic carbocycles. The van der Waals surface area contributed by atoms with Gasteiger partial charge in [0.15, 0.2) is 0 Å². The Morgan fingerprint density at radius 3 is 2.67 bits per heavy atom. The SMILES string of the molecule is CCN(CCO)C1CCCN(CC(F)(F)F)C1=O. The Hall–Kier alpha value is -0.820. The summed E-state index contributed by atoms with van der Waals surface area (Å²) in [7, 11) is 0. The molecule has 1 saturated heterocycles. The summed E-state index contributed by atoms with van der Waals surface area (Å²) in [4.78, 5) is 14.6. The van der Waals surface area contributed by atoms with E-state index in [1.807, 2.05) is 6.92 Å². The maximum Gasteiger partial charge on any atom is 0.406 e. The van der Waals surface area contributed by atoms with Crippen LogP contribution in [0.2, 0.25) is 0 Å². The van der Waals surface area contributed by atoms with Gasteiger partial charge in [-0.15, -0.1) is 0 Å². The van der Waals surface area contributed by atoms with Gasteiger partial charge in [-0.3, -0.25) is 9.69 Å². The highest BCUT2D eigenvalue weighted by molar-refractivity contribution is 5.82. The Labute approximate surface area is 104 Å². The summed E-state index contributed by atoms with van der Waals surface area (Å²) in [6.45, 7) is 1.55. The third-order valence-electron chi connectivity index (χ3n) is 3.11. The van der Waals surface area contributed by atoms with Gasteiger partial charge in [0, 0.05) is 13.1 Å². The number of aliphatic hydroxyl groups is 1. The lowest BCUT2D eigenvalue weighted by atomic mass is 10.0. The van der Waals surface area contributed by atoms with Gasteiger partial charge in [-0.2, -0.15) is 13.2 Å². The van der Waals surface area contributed by atoms with Crippen molar-refractivity contribution in [2.75, 3.05) is 32.8 Å². The molecule has 1 amide bonds. The molecule has 1 rings (SSSR count). The van der Waals surface area contributed by atoms with Gasteiger partial charge in [0.05, 0.1) is 12.6 Å². The van der Waals surface area contributed by atoms with E-state index in [9.17, 15) is 18.0 Å². The number of hydrogen-bond acceptors (Lipinski definition) is 3. The van der Waals surface area contributed by atoms with Crippen LogP contribution in [0.1, 0.15) is 19.8 Å². The first-order valence-corrected chi connectivity index (χ1v) is 6.09. The van der Waals surface area contributed by atoms with Gasteiger partial charge in [-0.05, 0) is 19.4 Å². The van der Waals surface area contributed by atoms with Crippen LogP contribution in [0.25, 0.3) is 0 Å². The normalized spacial score (nSPS) is 21.8. The molecule has 7 heteroatoms. The molecule has 1 aliphatic heterocycles. The largest absolute Gasteiger partial charge is 0.406 e. The number of likely N-dealkylation sites (tertiary alicyclic amines) is 1. The molecule has 1 aliphatic rings. The van der Waals surface area contributed by atoms with Crippen LogP contribution in [0.3, 0.4) is 0 Å². The highest BCUT2D eigenvalue weighted by Crippen LogP contribution is 2.22. The van der Waals surface area contributed by atoms with E-state index >= 15 is 0 Å². The molecular weight excluding hydrogens is 249 g/mol. The number of piperidine rings is 1. The first kappa shape index (κ1) is 15.2. The van der Waals surface area contributed by atoms with E-state index in [0.29, 0.717) is 25.9 Å². The molecular formula is C11H19F3N2O2. The number of aliphatic hydroxyl groups excluding tert-OH is 1. The molecule has 1 unspecified atom stereocenters. The fourth-order valence-electron chi connectivity index (χ4n) is 2.29. The molecule has 0 saturated carbocycles. The number of carbonyl (C=O) groups excluding carboxylic acids is 1. The Balaban J connectivity index is 2.68. The minimum Gasteiger partial charge on any atom is -0.395 e. The lowest BCUT2D eigenvalue weighted by Crippen LogP contribution is -2.54. The molecule has 0 bridgehead atoms. The molecule has 1 heterocycles. The van der Waals surface area contributed by atoms with Gasteiger partial charge < -0.3 is 10.0 Å². The molecule has 1 atom stereocenters. The molecule has 1 N–H and O–H groups in total. The van der Waals surface area contributed by atoms with E-state index in [-0.39, 0.29) is 13.2 Å². The second kappa shape index (κ2) is 6.38. The monoisotopic (exact) mass is 268 g/mol. The van der Waals surface area contributed by atoms with Crippen molar-refractivity contribution >= 4 is 5.91 Å². The van der Waals surface area contributed by atoms with Crippen molar-refractivity contribution in [3.8, 4) is 0 Å². The summed E-state index contributed by atoms with van der Waals surface area (Å²) in [5.74, 6) is -0.478. The summed E-state index contributed by atoms with van der Waals surface area (Å²) >= 11 is 0. The fourth-order valence-corrected chi connectivity index (χ4v) is 2.29. The summed E-state index contributed by atoms with van der Waals surface area (Å²) in [6, 6.07) is -0.529. The number of hydrogen-bond donors (Lipinski definition) is 1. The van der Waals surface area contributed by atoms with Crippen molar-refractivity contribution in [1.29, 1.82) is 0 Å². The standard InChI is InChI=1S/C11H19F3N2O2/c1-2-15(6-7-17)9-4-3-5-16(10(9)18)8-11(12,13)14/h9,17H,2-8H2,1H3. The van der Waals surface area contributed by atoms with Crippen LogP contribution in [-0.2, 0) is 4.79 Å². The topological polar surface area (TPSA) is 43.8 Å². The number of halogens is 3. The molecule has 0 aromatic rings. The summed E-state index contributed by atoms with van der Waals surface area (Å²) in [6.07, 6.45) is -3.24. The lowest BCUT2D eigenvalue weighted by molar-refractivity contribution is -0.167. The zero-order valence-electron chi connectivity index (χ0n) is 10.4. The van der Waals surface area contributed by atoms with Crippen LogP contribution in [0.15, 0.2) is 0 Å². The van der Waals surface area contributed by atoms with Crippen LogP contribution in [0.5, 0.6) is 0 Å². The van der Waals surface area contributed by atoms with Crippen molar-refractivity contribution < 1.29 is 23.1 Å². The maximum atomic E-state index is 12.3. The smallest absolute Gasteiger partial charge is 0.395 e. The van der Waals surface area contributed by atoms with E-state index in [4.69, 9.17) is 5.11 Å². The van der Waals surface area contributed by atoms with Gasteiger partial charge in [0.25, 0.3) is 0 Å². The molecule has 4 nitrogen and oxygen atoms in total. The number of rotatable bonds is 5. The number of alkyl halides is 3. The number of likely N-dealkylation sites (N-methyl/N-ethyl adjacent to an activating group) is 1. The van der Waals surface area contributed by atoms with E-state index in [2.05, 4.69) is 0 Å². The third kappa shape index (κ3) is 4.13. The van der Waals surface area contributed by atoms with Gasteiger partial charge in [-0.25, -0.2) is 0 Å². The zero-order valence-corrected chi connectivity index (χ0v) is 10.4. The van der Waals surface area contributed by atoms with Crippen LogP contribution in [0, 0.1) is 0 Å². The van der Waals surface area contributed by atoms with Crippen LogP contribution >= 0.6 is 0 Å². The molecule has 0 aliphatic carbocycles. The molecule has 0 spiro atoms. The Kier molecular flexibility index (Phi) is 5.40. The average Bonchev–Trinajstić information content (AvgIpc) is 2.27. The van der Waals surface area contributed by atoms with E-state index in [0.717, 1.165) is 4.90 Å². The van der Waals surface area contributed by atoms with Crippen molar-refractivity contribution in [2.45, 2.75) is 32.0 Å². The number of nitrogens with zero attached hydrogens (tertiary/aromatic N) is 2. The second-order valence-electron chi connectivity index (χ2n) is 4.39. The Bertz CT molecular complexity index is 284. The van der Waals surface area contributed by atoms with Gasteiger partial charge in [-0.1, -0.05) is 6.92 Å². The second-order valence-corrected chi connectivity index (χ2v) is 4.39. The highest BCUT2D eigenvalue weighted by atomic mass is 19.4. The van der Waals surface area contributed by atoms with Gasteiger partial charge in [0.1, 0.15) is 6.54 Å². The zero-order chi connectivity index (χ0) is 13.8. The molecule has 18 heavy (non-hydrogen) atoms. The van der Waals surface area contributed by atoms with Crippen molar-refractivity contribution in [3.63, 3.8) is 0 Å². The lowest BCUT2D eigenvalue weighted by Gasteiger charge is -2.38. The quantitative estimate of drug-likeness (QED) is 0.804. The van der Waals surface area contributed by atoms with Crippen molar-refractivity contribution in [2.24, 2.45) is 0 Å². The molecule has 106 valence electrons. The van der Waals surface area contributed by atoms with E-state index in [1.165, 1.54) is 0 Å². The van der Waals surface area contributed by atoms with Crippen LogP contribution < -0.4 is 0 Å². The van der Waals surface area contributed by atoms with Crippen LogP contribution in [-0.4, -0.2) is 65.8 Å². The Morgan fingerprint density at radius 2 is 2.17 bits per heavy atom. The molecule has 1 fully saturated rings. The highest BCUT2D eigenvalue weighted by Gasteiger charge is 2.38. The van der Waals surface area contributed by atoms with Gasteiger partial charge in [0.2, 0.25) is 5.91 Å². The first-order valence-electron chi connectivity index (χ1n) is 6.09. The van der Waals surface area contributed by atoms with Crippen LogP contribution in [0.4, 0.5) is 13.2 Å². The number of amides is 1. The Morgan fingerprint density at radius 1 is 1.50 bits per heavy atom. The van der Waals surface area contributed by atoms with Crippen molar-refractivity contribution in [1.82, 2.24) is 9.80 Å². The van der Waals surface area contributed by atoms with Gasteiger partial charge >= 0.3 is 6.18 Å². The summed E-state index contributed by atoms with van der Waals surface area (Å²) in [5.41, 5.74) is 0. The number of carbonyl (C=O) groups is 1. The summed E-state index contributed by atoms with van der Waals surface area (Å²) in [5, 5.41) is 8.89. The first-order chi connectivity index (χ1) is 8.39. The van der Waals surface area contributed by atoms with Crippen molar-refractivity contribution in [3.05, 3.63) is 0 Å². The predicted molar refractivity (Wildman–Crippen MR) is 60.0 cm³/mol. The fraction of sp³-hybridized carbons (Fsp3) is 0.909. The minimum absolute atomic E-state index is 0.100. The maximum absolute atomic E-state index is 12.3. The average molecular weight is 268 g/mol.